The minimum atomic E-state index is -1.09. The third kappa shape index (κ3) is 9.80. The van der Waals surface area contributed by atoms with E-state index in [2.05, 4.69) is 41.2 Å². The molecule has 0 N–H and O–H groups in total. The van der Waals surface area contributed by atoms with Crippen molar-refractivity contribution < 1.29 is 28.4 Å². The number of rotatable bonds is 17. The van der Waals surface area contributed by atoms with Crippen molar-refractivity contribution in [3.05, 3.63) is 118 Å². The van der Waals surface area contributed by atoms with Crippen LogP contribution in [0.4, 0.5) is 0 Å². The first kappa shape index (κ1) is 33.9. The summed E-state index contributed by atoms with van der Waals surface area (Å²) in [5.41, 5.74) is 3.00. The zero-order valence-corrected chi connectivity index (χ0v) is 27.5. The lowest BCUT2D eigenvalue weighted by molar-refractivity contribution is -0.189. The van der Waals surface area contributed by atoms with E-state index in [4.69, 9.17) is 51.6 Å². The van der Waals surface area contributed by atoms with Crippen molar-refractivity contribution in [1.29, 1.82) is 0 Å². The predicted octanol–water partition coefficient (Wildman–Crippen LogP) is 6.68. The monoisotopic (exact) mass is 667 g/mol. The zero-order chi connectivity index (χ0) is 32.2. The summed E-state index contributed by atoms with van der Waals surface area (Å²) in [5, 5.41) is 1.02. The van der Waals surface area contributed by atoms with E-state index in [1.54, 1.807) is 31.8 Å². The number of ether oxygens (including phenoxy) is 6. The van der Waals surface area contributed by atoms with Crippen LogP contribution >= 0.6 is 23.2 Å². The lowest BCUT2D eigenvalue weighted by atomic mass is 10.1. The maximum Gasteiger partial charge on any atom is 0.215 e. The van der Waals surface area contributed by atoms with Crippen molar-refractivity contribution in [2.75, 3.05) is 53.9 Å². The average Bonchev–Trinajstić information content (AvgIpc) is 3.72. The van der Waals surface area contributed by atoms with Gasteiger partial charge in [0.1, 0.15) is 24.2 Å². The van der Waals surface area contributed by atoms with Crippen LogP contribution < -0.4 is 9.47 Å². The van der Waals surface area contributed by atoms with Crippen LogP contribution in [0.3, 0.4) is 0 Å². The fourth-order valence-electron chi connectivity index (χ4n) is 4.99. The second-order valence-electron chi connectivity index (χ2n) is 10.9. The van der Waals surface area contributed by atoms with Gasteiger partial charge >= 0.3 is 0 Å². The SMILES string of the molecule is COCCOCOc1ccc(C=CCN(C)Cc2ccc(OC[C@@H]3CO[C@@](Cn4ccnc4)(c4ccc(Cl)cc4Cl)O3)cc2)cc1. The van der Waals surface area contributed by atoms with Crippen molar-refractivity contribution in [3.63, 3.8) is 0 Å². The van der Waals surface area contributed by atoms with Crippen LogP contribution in [-0.2, 0) is 37.8 Å². The van der Waals surface area contributed by atoms with Gasteiger partial charge in [0, 0.05) is 43.2 Å². The van der Waals surface area contributed by atoms with Crippen molar-refractivity contribution >= 4 is 29.3 Å². The number of hydrogen-bond acceptors (Lipinski definition) is 8. The summed E-state index contributed by atoms with van der Waals surface area (Å²) in [6.07, 6.45) is 9.25. The fourth-order valence-corrected chi connectivity index (χ4v) is 5.54. The summed E-state index contributed by atoms with van der Waals surface area (Å²) in [6, 6.07) is 21.4. The highest BCUT2D eigenvalue weighted by Crippen LogP contribution is 2.40. The van der Waals surface area contributed by atoms with Crippen molar-refractivity contribution in [2.45, 2.75) is 25.0 Å². The first-order chi connectivity index (χ1) is 22.4. The number of methoxy groups -OCH3 is 1. The summed E-state index contributed by atoms with van der Waals surface area (Å²) >= 11 is 12.7. The van der Waals surface area contributed by atoms with Gasteiger partial charge in [-0.15, -0.1) is 0 Å². The number of halogens is 2. The van der Waals surface area contributed by atoms with Crippen LogP contribution in [0.25, 0.3) is 6.08 Å². The first-order valence-corrected chi connectivity index (χ1v) is 15.8. The van der Waals surface area contributed by atoms with Crippen molar-refractivity contribution in [3.8, 4) is 11.5 Å². The van der Waals surface area contributed by atoms with E-state index in [0.717, 1.165) is 30.2 Å². The Morgan fingerprint density at radius 2 is 1.80 bits per heavy atom. The molecular weight excluding hydrogens is 629 g/mol. The lowest BCUT2D eigenvalue weighted by Gasteiger charge is -2.30. The van der Waals surface area contributed by atoms with Gasteiger partial charge in [0.2, 0.25) is 5.79 Å². The van der Waals surface area contributed by atoms with Crippen LogP contribution in [0.1, 0.15) is 16.7 Å². The Labute approximate surface area is 280 Å². The van der Waals surface area contributed by atoms with Gasteiger partial charge in [0.25, 0.3) is 0 Å². The molecule has 4 aromatic rings. The quantitative estimate of drug-likeness (QED) is 0.0912. The van der Waals surface area contributed by atoms with Gasteiger partial charge in [0.05, 0.1) is 37.7 Å². The minimum absolute atomic E-state index is 0.204. The minimum Gasteiger partial charge on any atom is -0.491 e. The Hall–Kier alpha value is -3.41. The number of hydrogen-bond donors (Lipinski definition) is 0. The number of benzene rings is 3. The number of imidazole rings is 1. The molecule has 11 heteroatoms. The summed E-state index contributed by atoms with van der Waals surface area (Å²) < 4.78 is 36.6. The highest BCUT2D eigenvalue weighted by molar-refractivity contribution is 6.35. The third-order valence-corrected chi connectivity index (χ3v) is 7.86. The maximum atomic E-state index is 6.58. The second kappa shape index (κ2) is 16.9. The van der Waals surface area contributed by atoms with Crippen molar-refractivity contribution in [1.82, 2.24) is 14.5 Å². The van der Waals surface area contributed by atoms with E-state index in [1.165, 1.54) is 5.56 Å². The molecule has 5 rings (SSSR count). The van der Waals surface area contributed by atoms with Gasteiger partial charge in [0.15, 0.2) is 6.79 Å². The molecule has 0 amide bonds. The molecule has 1 saturated heterocycles. The predicted molar refractivity (Wildman–Crippen MR) is 178 cm³/mol. The van der Waals surface area contributed by atoms with E-state index in [1.807, 2.05) is 53.2 Å². The molecule has 0 bridgehead atoms. The van der Waals surface area contributed by atoms with E-state index < -0.39 is 5.79 Å². The van der Waals surface area contributed by atoms with Crippen LogP contribution in [0, 0.1) is 0 Å². The molecule has 1 fully saturated rings. The van der Waals surface area contributed by atoms with Gasteiger partial charge in [-0.1, -0.05) is 65.7 Å². The van der Waals surface area contributed by atoms with E-state index in [-0.39, 0.29) is 12.9 Å². The molecule has 2 heterocycles. The van der Waals surface area contributed by atoms with E-state index >= 15 is 0 Å². The fraction of sp³-hybridized carbons (Fsp3) is 0.343. The summed E-state index contributed by atoms with van der Waals surface area (Å²) in [5.74, 6) is 0.446. The van der Waals surface area contributed by atoms with Crippen LogP contribution in [0.15, 0.2) is 91.5 Å². The first-order valence-electron chi connectivity index (χ1n) is 15.0. The molecule has 0 radical (unpaired) electrons. The molecule has 3 aromatic carbocycles. The van der Waals surface area contributed by atoms with Gasteiger partial charge in [-0.25, -0.2) is 4.98 Å². The third-order valence-electron chi connectivity index (χ3n) is 7.31. The van der Waals surface area contributed by atoms with Gasteiger partial charge in [-0.3, -0.25) is 4.90 Å². The molecule has 0 saturated carbocycles. The average molecular weight is 669 g/mol. The van der Waals surface area contributed by atoms with Gasteiger partial charge < -0.3 is 33.0 Å². The van der Waals surface area contributed by atoms with Crippen LogP contribution in [-0.4, -0.2) is 74.5 Å². The topological polar surface area (TPSA) is 76.4 Å². The molecule has 0 spiro atoms. The summed E-state index contributed by atoms with van der Waals surface area (Å²) in [7, 11) is 3.73. The molecule has 1 aromatic heterocycles. The standard InChI is InChI=1S/C35H39Cl2N3O6/c1-39(16-3-4-27-5-10-31(11-6-27)44-26-42-19-18-41-2)21-28-7-12-30(13-8-28)43-22-32-23-45-35(46-32,24-40-17-15-38-25-40)33-14-9-29(36)20-34(33)37/h3-15,17,20,25,32H,16,18-19,21-24,26H2,1-2H3/t32-,35-/m1/s1. The summed E-state index contributed by atoms with van der Waals surface area (Å²) in [4.78, 5) is 6.39. The Balaban J connectivity index is 1.07. The van der Waals surface area contributed by atoms with Crippen LogP contribution in [0.2, 0.25) is 10.0 Å². The largest absolute Gasteiger partial charge is 0.491 e. The molecule has 9 nitrogen and oxygen atoms in total. The highest BCUT2D eigenvalue weighted by Gasteiger charge is 2.45. The Morgan fingerprint density at radius 3 is 2.54 bits per heavy atom. The zero-order valence-electron chi connectivity index (χ0n) is 26.0. The lowest BCUT2D eigenvalue weighted by Crippen LogP contribution is -2.34. The molecule has 244 valence electrons. The molecule has 0 unspecified atom stereocenters. The van der Waals surface area contributed by atoms with Gasteiger partial charge in [-0.05, 0) is 54.6 Å². The van der Waals surface area contributed by atoms with E-state index in [0.29, 0.717) is 48.6 Å². The number of likely N-dealkylation sites (N-methyl/N-ethyl adjacent to an activating group) is 1. The molecule has 46 heavy (non-hydrogen) atoms. The molecule has 0 aliphatic carbocycles. The molecular formula is C35H39Cl2N3O6. The second-order valence-corrected chi connectivity index (χ2v) is 11.8. The summed E-state index contributed by atoms with van der Waals surface area (Å²) in [6.45, 7) is 3.94. The smallest absolute Gasteiger partial charge is 0.215 e. The maximum absolute atomic E-state index is 6.58. The van der Waals surface area contributed by atoms with Crippen LogP contribution in [0.5, 0.6) is 11.5 Å². The Kier molecular flexibility index (Phi) is 12.5. The Morgan fingerprint density at radius 1 is 1.02 bits per heavy atom. The molecule has 2 atom stereocenters. The number of nitrogens with zero attached hydrogens (tertiary/aromatic N) is 3. The van der Waals surface area contributed by atoms with Gasteiger partial charge in [-0.2, -0.15) is 0 Å². The number of aromatic nitrogens is 2. The molecule has 1 aliphatic heterocycles. The Bertz CT molecular complexity index is 1520. The van der Waals surface area contributed by atoms with Crippen molar-refractivity contribution in [2.24, 2.45) is 0 Å². The van der Waals surface area contributed by atoms with E-state index in [9.17, 15) is 0 Å². The highest BCUT2D eigenvalue weighted by atomic mass is 35.5. The normalized spacial score (nSPS) is 18.1. The molecule has 1 aliphatic rings.